The van der Waals surface area contributed by atoms with Crippen LogP contribution >= 0.6 is 0 Å². The molecule has 1 amide bonds. The molecule has 0 bridgehead atoms. The molecule has 0 heterocycles. The molecule has 2 rings (SSSR count). The molecule has 2 N–H and O–H groups in total. The van der Waals surface area contributed by atoms with Crippen molar-refractivity contribution in [3.63, 3.8) is 0 Å². The van der Waals surface area contributed by atoms with Crippen molar-refractivity contribution < 1.29 is 23.6 Å². The summed E-state index contributed by atoms with van der Waals surface area (Å²) < 4.78 is 23.3. The molecule has 0 saturated heterocycles. The first-order chi connectivity index (χ1) is 11.5. The summed E-state index contributed by atoms with van der Waals surface area (Å²) in [5, 5.41) is 2.84. The van der Waals surface area contributed by atoms with Crippen LogP contribution in [-0.4, -0.2) is 33.7 Å². The average Bonchev–Trinajstić information content (AvgIpc) is 2.56. The lowest BCUT2D eigenvalue weighted by Crippen LogP contribution is -3.08. The summed E-state index contributed by atoms with van der Waals surface area (Å²) in [7, 11) is 5.02. The normalized spacial score (nSPS) is 11.7. The van der Waals surface area contributed by atoms with E-state index in [1.807, 2.05) is 7.05 Å². The summed E-state index contributed by atoms with van der Waals surface area (Å²) >= 11 is 0. The molecule has 0 spiro atoms. The van der Waals surface area contributed by atoms with E-state index in [0.29, 0.717) is 23.7 Å². The van der Waals surface area contributed by atoms with E-state index in [0.717, 1.165) is 10.5 Å². The summed E-state index contributed by atoms with van der Waals surface area (Å²) in [5.41, 5.74) is 1.54. The van der Waals surface area contributed by atoms with Crippen LogP contribution < -0.4 is 19.7 Å². The van der Waals surface area contributed by atoms with Crippen molar-refractivity contribution in [1.29, 1.82) is 0 Å². The molecule has 0 saturated carbocycles. The maximum atomic E-state index is 12.9. The first kappa shape index (κ1) is 17.7. The number of carbonyl (C=O) groups is 1. The first-order valence-electron chi connectivity index (χ1n) is 7.59. The van der Waals surface area contributed by atoms with Crippen molar-refractivity contribution in [2.24, 2.45) is 0 Å². The van der Waals surface area contributed by atoms with Gasteiger partial charge in [-0.05, 0) is 24.3 Å². The van der Waals surface area contributed by atoms with Gasteiger partial charge in [-0.15, -0.1) is 0 Å². The van der Waals surface area contributed by atoms with Crippen LogP contribution in [-0.2, 0) is 11.3 Å². The van der Waals surface area contributed by atoms with Gasteiger partial charge >= 0.3 is 0 Å². The Balaban J connectivity index is 1.96. The summed E-state index contributed by atoms with van der Waals surface area (Å²) in [6.45, 7) is 0.903. The van der Waals surface area contributed by atoms with Gasteiger partial charge in [0, 0.05) is 11.6 Å². The monoisotopic (exact) mass is 333 g/mol. The van der Waals surface area contributed by atoms with E-state index in [9.17, 15) is 9.18 Å². The van der Waals surface area contributed by atoms with Crippen molar-refractivity contribution in [2.45, 2.75) is 6.54 Å². The third kappa shape index (κ3) is 4.96. The highest BCUT2D eigenvalue weighted by Gasteiger charge is 2.14. The number of quaternary nitrogens is 1. The summed E-state index contributed by atoms with van der Waals surface area (Å²) in [6.07, 6.45) is 0. The number of likely N-dealkylation sites (N-methyl/N-ethyl adjacent to an activating group) is 1. The number of carbonyl (C=O) groups excluding carboxylic acids is 1. The van der Waals surface area contributed by atoms with E-state index in [1.54, 1.807) is 44.6 Å². The van der Waals surface area contributed by atoms with Crippen LogP contribution in [0.4, 0.5) is 10.1 Å². The highest BCUT2D eigenvalue weighted by Crippen LogP contribution is 2.28. The zero-order chi connectivity index (χ0) is 17.5. The molecular weight excluding hydrogens is 311 g/mol. The highest BCUT2D eigenvalue weighted by molar-refractivity contribution is 5.93. The molecule has 0 aromatic heterocycles. The van der Waals surface area contributed by atoms with Crippen molar-refractivity contribution in [1.82, 2.24) is 0 Å². The van der Waals surface area contributed by atoms with Gasteiger partial charge in [0.2, 0.25) is 0 Å². The van der Waals surface area contributed by atoms with Gasteiger partial charge in [0.1, 0.15) is 23.9 Å². The van der Waals surface area contributed by atoms with Gasteiger partial charge in [-0.2, -0.15) is 0 Å². The fraction of sp³-hybridized carbons (Fsp3) is 0.278. The highest BCUT2D eigenvalue weighted by atomic mass is 19.1. The minimum absolute atomic E-state index is 0.138. The fourth-order valence-electron chi connectivity index (χ4n) is 2.39. The molecule has 5 nitrogen and oxygen atoms in total. The van der Waals surface area contributed by atoms with Crippen molar-refractivity contribution in [3.8, 4) is 11.5 Å². The number of methoxy groups -OCH3 is 2. The fourth-order valence-corrected chi connectivity index (χ4v) is 2.39. The molecule has 0 fully saturated rings. The first-order valence-corrected chi connectivity index (χ1v) is 7.59. The number of hydrogen-bond donors (Lipinski definition) is 2. The molecule has 1 atom stereocenters. The van der Waals surface area contributed by atoms with E-state index in [1.165, 1.54) is 12.1 Å². The van der Waals surface area contributed by atoms with Crippen LogP contribution in [0.1, 0.15) is 5.56 Å². The number of anilines is 1. The van der Waals surface area contributed by atoms with Crippen LogP contribution in [0.2, 0.25) is 0 Å². The lowest BCUT2D eigenvalue weighted by molar-refractivity contribution is -0.885. The Morgan fingerprint density at radius 3 is 2.46 bits per heavy atom. The summed E-state index contributed by atoms with van der Waals surface area (Å²) in [5.74, 6) is 0.805. The minimum atomic E-state index is -0.265. The lowest BCUT2D eigenvalue weighted by atomic mass is 10.2. The van der Waals surface area contributed by atoms with Gasteiger partial charge in [0.05, 0.1) is 27.0 Å². The van der Waals surface area contributed by atoms with Gasteiger partial charge in [-0.1, -0.05) is 12.1 Å². The van der Waals surface area contributed by atoms with Gasteiger partial charge in [-0.25, -0.2) is 4.39 Å². The Morgan fingerprint density at radius 2 is 1.83 bits per heavy atom. The van der Waals surface area contributed by atoms with Crippen LogP contribution in [0.3, 0.4) is 0 Å². The molecule has 0 radical (unpaired) electrons. The van der Waals surface area contributed by atoms with Crippen molar-refractivity contribution in [2.75, 3.05) is 33.1 Å². The zero-order valence-corrected chi connectivity index (χ0v) is 14.1. The van der Waals surface area contributed by atoms with E-state index in [4.69, 9.17) is 9.47 Å². The molecule has 128 valence electrons. The Hall–Kier alpha value is -2.60. The number of ether oxygens (including phenoxy) is 2. The minimum Gasteiger partial charge on any atom is -0.497 e. The second-order valence-corrected chi connectivity index (χ2v) is 5.55. The van der Waals surface area contributed by atoms with Crippen molar-refractivity contribution in [3.05, 3.63) is 53.8 Å². The smallest absolute Gasteiger partial charge is 0.279 e. The second-order valence-electron chi connectivity index (χ2n) is 5.55. The van der Waals surface area contributed by atoms with Crippen molar-refractivity contribution >= 4 is 11.6 Å². The topological polar surface area (TPSA) is 52.0 Å². The molecule has 2 aromatic rings. The number of hydrogen-bond acceptors (Lipinski definition) is 3. The number of rotatable bonds is 7. The van der Waals surface area contributed by atoms with Gasteiger partial charge in [-0.3, -0.25) is 4.79 Å². The number of nitrogens with one attached hydrogen (secondary N) is 2. The quantitative estimate of drug-likeness (QED) is 0.807. The van der Waals surface area contributed by atoms with Crippen LogP contribution in [0, 0.1) is 5.82 Å². The van der Waals surface area contributed by atoms with E-state index >= 15 is 0 Å². The van der Waals surface area contributed by atoms with Gasteiger partial charge < -0.3 is 19.7 Å². The van der Waals surface area contributed by atoms with E-state index < -0.39 is 0 Å². The van der Waals surface area contributed by atoms with Gasteiger partial charge in [0.15, 0.2) is 6.54 Å². The molecule has 1 unspecified atom stereocenters. The Morgan fingerprint density at radius 1 is 1.12 bits per heavy atom. The number of amides is 1. The molecule has 2 aromatic carbocycles. The maximum absolute atomic E-state index is 12.9. The molecule has 24 heavy (non-hydrogen) atoms. The second kappa shape index (κ2) is 8.31. The number of halogens is 1. The molecule has 6 heteroatoms. The largest absolute Gasteiger partial charge is 0.497 e. The maximum Gasteiger partial charge on any atom is 0.279 e. The Kier molecular flexibility index (Phi) is 6.14. The third-order valence-corrected chi connectivity index (χ3v) is 3.56. The van der Waals surface area contributed by atoms with E-state index in [-0.39, 0.29) is 18.3 Å². The Bertz CT molecular complexity index is 689. The van der Waals surface area contributed by atoms with Crippen LogP contribution in [0.25, 0.3) is 0 Å². The third-order valence-electron chi connectivity index (χ3n) is 3.56. The standard InChI is InChI=1S/C18H21FN2O3/c1-21(11-13-4-6-14(19)7-5-13)12-18(22)20-16-10-15(23-2)8-9-17(16)24-3/h4-10H,11-12H2,1-3H3,(H,20,22)/p+1. The lowest BCUT2D eigenvalue weighted by Gasteiger charge is -2.15. The predicted octanol–water partition coefficient (Wildman–Crippen LogP) is 1.50. The zero-order valence-electron chi connectivity index (χ0n) is 14.1. The van der Waals surface area contributed by atoms with Crippen LogP contribution in [0.5, 0.6) is 11.5 Å². The molecule has 0 aliphatic rings. The molecular formula is C18H22FN2O3+. The van der Waals surface area contributed by atoms with Gasteiger partial charge in [0.25, 0.3) is 5.91 Å². The Labute approximate surface area is 141 Å². The van der Waals surface area contributed by atoms with Crippen LogP contribution in [0.15, 0.2) is 42.5 Å². The average molecular weight is 333 g/mol. The summed E-state index contributed by atoms with van der Waals surface area (Å²) in [4.78, 5) is 13.2. The van der Waals surface area contributed by atoms with E-state index in [2.05, 4.69) is 5.32 Å². The summed E-state index contributed by atoms with van der Waals surface area (Å²) in [6, 6.07) is 11.5. The number of benzene rings is 2. The molecule has 0 aliphatic carbocycles. The molecule has 0 aliphatic heterocycles. The predicted molar refractivity (Wildman–Crippen MR) is 90.0 cm³/mol. The SMILES string of the molecule is COc1ccc(OC)c(NC(=O)C[NH+](C)Cc2ccc(F)cc2)c1.